The monoisotopic (exact) mass is 309 g/mol. The third kappa shape index (κ3) is 4.94. The SMILES string of the molecule is COCCOc1cc(CN2C[C@@H](CC(N)=O)[C@H](O)C2)ccn1. The zero-order chi connectivity index (χ0) is 15.9. The van der Waals surface area contributed by atoms with Crippen molar-refractivity contribution < 1.29 is 19.4 Å². The summed E-state index contributed by atoms with van der Waals surface area (Å²) in [6.45, 7) is 2.84. The number of aliphatic hydroxyl groups excluding tert-OH is 1. The molecule has 2 rings (SSSR count). The van der Waals surface area contributed by atoms with Gasteiger partial charge in [-0.15, -0.1) is 0 Å². The predicted octanol–water partition coefficient (Wildman–Crippen LogP) is -0.225. The molecule has 3 N–H and O–H groups in total. The van der Waals surface area contributed by atoms with Crippen molar-refractivity contribution in [2.75, 3.05) is 33.4 Å². The lowest BCUT2D eigenvalue weighted by molar-refractivity contribution is -0.119. The Balaban J connectivity index is 1.88. The van der Waals surface area contributed by atoms with Crippen LogP contribution in [0.25, 0.3) is 0 Å². The molecule has 122 valence electrons. The van der Waals surface area contributed by atoms with E-state index in [2.05, 4.69) is 9.88 Å². The van der Waals surface area contributed by atoms with Crippen LogP contribution in [0.5, 0.6) is 5.88 Å². The number of likely N-dealkylation sites (tertiary alicyclic amines) is 1. The summed E-state index contributed by atoms with van der Waals surface area (Å²) in [5, 5.41) is 9.98. The van der Waals surface area contributed by atoms with Crippen molar-refractivity contribution in [2.45, 2.75) is 19.1 Å². The highest BCUT2D eigenvalue weighted by Crippen LogP contribution is 2.22. The molecule has 1 aliphatic rings. The Kier molecular flexibility index (Phi) is 6.11. The topological polar surface area (TPSA) is 97.9 Å². The van der Waals surface area contributed by atoms with Crippen LogP contribution in [0.2, 0.25) is 0 Å². The Morgan fingerprint density at radius 1 is 1.50 bits per heavy atom. The summed E-state index contributed by atoms with van der Waals surface area (Å²) < 4.78 is 10.4. The number of nitrogens with two attached hydrogens (primary N) is 1. The minimum absolute atomic E-state index is 0.0863. The van der Waals surface area contributed by atoms with Crippen LogP contribution in [-0.2, 0) is 16.1 Å². The summed E-state index contributed by atoms with van der Waals surface area (Å²) in [5.41, 5.74) is 6.26. The minimum Gasteiger partial charge on any atom is -0.475 e. The summed E-state index contributed by atoms with van der Waals surface area (Å²) in [6, 6.07) is 3.79. The first-order valence-corrected chi connectivity index (χ1v) is 7.34. The summed E-state index contributed by atoms with van der Waals surface area (Å²) >= 11 is 0. The second kappa shape index (κ2) is 8.07. The summed E-state index contributed by atoms with van der Waals surface area (Å²) in [7, 11) is 1.62. The number of ether oxygens (including phenoxy) is 2. The molecule has 0 radical (unpaired) electrons. The molecule has 0 saturated carbocycles. The largest absolute Gasteiger partial charge is 0.475 e. The van der Waals surface area contributed by atoms with Gasteiger partial charge in [0.15, 0.2) is 0 Å². The van der Waals surface area contributed by atoms with Gasteiger partial charge in [-0.05, 0) is 11.6 Å². The molecule has 1 fully saturated rings. The highest BCUT2D eigenvalue weighted by atomic mass is 16.5. The molecular formula is C15H23N3O4. The van der Waals surface area contributed by atoms with Crippen molar-refractivity contribution in [2.24, 2.45) is 11.7 Å². The van der Waals surface area contributed by atoms with Gasteiger partial charge in [0, 0.05) is 51.3 Å². The normalized spacial score (nSPS) is 21.9. The average Bonchev–Trinajstić information content (AvgIpc) is 2.78. The van der Waals surface area contributed by atoms with Gasteiger partial charge in [0.1, 0.15) is 6.61 Å². The van der Waals surface area contributed by atoms with Crippen LogP contribution in [0.4, 0.5) is 0 Å². The molecule has 0 aromatic carbocycles. The van der Waals surface area contributed by atoms with Crippen molar-refractivity contribution in [3.8, 4) is 5.88 Å². The molecule has 0 spiro atoms. The molecule has 1 amide bonds. The van der Waals surface area contributed by atoms with Gasteiger partial charge >= 0.3 is 0 Å². The van der Waals surface area contributed by atoms with Gasteiger partial charge in [-0.1, -0.05) is 0 Å². The molecule has 7 heteroatoms. The van der Waals surface area contributed by atoms with Crippen LogP contribution in [0, 0.1) is 5.92 Å². The van der Waals surface area contributed by atoms with Crippen LogP contribution in [0.3, 0.4) is 0 Å². The maximum Gasteiger partial charge on any atom is 0.217 e. The van der Waals surface area contributed by atoms with E-state index in [1.165, 1.54) is 0 Å². The fraction of sp³-hybridized carbons (Fsp3) is 0.600. The van der Waals surface area contributed by atoms with Gasteiger partial charge in [-0.25, -0.2) is 4.98 Å². The first-order valence-electron chi connectivity index (χ1n) is 7.34. The van der Waals surface area contributed by atoms with E-state index in [9.17, 15) is 9.90 Å². The van der Waals surface area contributed by atoms with E-state index in [0.717, 1.165) is 5.56 Å². The third-order valence-corrected chi connectivity index (χ3v) is 3.69. The van der Waals surface area contributed by atoms with Crippen LogP contribution in [0.1, 0.15) is 12.0 Å². The highest BCUT2D eigenvalue weighted by molar-refractivity contribution is 5.74. The van der Waals surface area contributed by atoms with E-state index in [0.29, 0.717) is 38.7 Å². The number of nitrogens with zero attached hydrogens (tertiary/aromatic N) is 2. The van der Waals surface area contributed by atoms with Crippen LogP contribution in [-0.4, -0.2) is 60.4 Å². The predicted molar refractivity (Wildman–Crippen MR) is 80.2 cm³/mol. The Bertz CT molecular complexity index is 497. The Labute approximate surface area is 130 Å². The lowest BCUT2D eigenvalue weighted by atomic mass is 10.0. The molecule has 0 aliphatic carbocycles. The van der Waals surface area contributed by atoms with Gasteiger partial charge in [0.05, 0.1) is 12.7 Å². The number of carbonyl (C=O) groups excluding carboxylic acids is 1. The number of primary amides is 1. The lowest BCUT2D eigenvalue weighted by Gasteiger charge is -2.15. The quantitative estimate of drug-likeness (QED) is 0.644. The Morgan fingerprint density at radius 2 is 2.32 bits per heavy atom. The maximum atomic E-state index is 11.0. The van der Waals surface area contributed by atoms with Crippen molar-refractivity contribution in [1.29, 1.82) is 0 Å². The van der Waals surface area contributed by atoms with E-state index in [1.807, 2.05) is 12.1 Å². The molecule has 0 unspecified atom stereocenters. The second-order valence-corrected chi connectivity index (χ2v) is 5.54. The Morgan fingerprint density at radius 3 is 3.05 bits per heavy atom. The Hall–Kier alpha value is -1.70. The molecule has 2 atom stereocenters. The molecule has 0 bridgehead atoms. The molecule has 1 aromatic rings. The summed E-state index contributed by atoms with van der Waals surface area (Å²) in [6.07, 6.45) is 1.41. The summed E-state index contributed by atoms with van der Waals surface area (Å²) in [4.78, 5) is 17.2. The van der Waals surface area contributed by atoms with E-state index in [4.69, 9.17) is 15.2 Å². The van der Waals surface area contributed by atoms with Gasteiger partial charge in [-0.2, -0.15) is 0 Å². The average molecular weight is 309 g/mol. The molecule has 22 heavy (non-hydrogen) atoms. The van der Waals surface area contributed by atoms with E-state index in [-0.39, 0.29) is 18.2 Å². The zero-order valence-corrected chi connectivity index (χ0v) is 12.8. The van der Waals surface area contributed by atoms with Crippen molar-refractivity contribution in [3.63, 3.8) is 0 Å². The van der Waals surface area contributed by atoms with Crippen LogP contribution >= 0.6 is 0 Å². The minimum atomic E-state index is -0.508. The van der Waals surface area contributed by atoms with Gasteiger partial charge in [0.25, 0.3) is 0 Å². The zero-order valence-electron chi connectivity index (χ0n) is 12.8. The number of hydrogen-bond donors (Lipinski definition) is 2. The number of hydrogen-bond acceptors (Lipinski definition) is 6. The number of methoxy groups -OCH3 is 1. The van der Waals surface area contributed by atoms with E-state index < -0.39 is 6.10 Å². The van der Waals surface area contributed by atoms with Crippen molar-refractivity contribution in [3.05, 3.63) is 23.9 Å². The fourth-order valence-corrected chi connectivity index (χ4v) is 2.65. The van der Waals surface area contributed by atoms with Crippen LogP contribution in [0.15, 0.2) is 18.3 Å². The fourth-order valence-electron chi connectivity index (χ4n) is 2.65. The molecule has 7 nitrogen and oxygen atoms in total. The van der Waals surface area contributed by atoms with Gasteiger partial charge < -0.3 is 20.3 Å². The van der Waals surface area contributed by atoms with Crippen LogP contribution < -0.4 is 10.5 Å². The highest BCUT2D eigenvalue weighted by Gasteiger charge is 2.32. The smallest absolute Gasteiger partial charge is 0.217 e. The number of rotatable bonds is 8. The molecular weight excluding hydrogens is 286 g/mol. The van der Waals surface area contributed by atoms with E-state index in [1.54, 1.807) is 13.3 Å². The maximum absolute atomic E-state index is 11.0. The standard InChI is InChI=1S/C15H23N3O4/c1-21-4-5-22-15-6-11(2-3-17-15)8-18-9-12(7-14(16)20)13(19)10-18/h2-3,6,12-13,19H,4-5,7-10H2,1H3,(H2,16,20)/t12-,13-/m1/s1. The molecule has 1 saturated heterocycles. The first-order chi connectivity index (χ1) is 10.6. The first kappa shape index (κ1) is 16.7. The van der Waals surface area contributed by atoms with Gasteiger partial charge in [-0.3, -0.25) is 9.69 Å². The number of aliphatic hydroxyl groups is 1. The number of β-amino-alcohol motifs (C(OH)–C–C–N with tert-alkyl or cyclic N) is 1. The van der Waals surface area contributed by atoms with E-state index >= 15 is 0 Å². The van der Waals surface area contributed by atoms with Crippen molar-refractivity contribution >= 4 is 5.91 Å². The molecule has 1 aliphatic heterocycles. The number of carbonyl (C=O) groups is 1. The lowest BCUT2D eigenvalue weighted by Crippen LogP contribution is -2.24. The second-order valence-electron chi connectivity index (χ2n) is 5.54. The number of pyridine rings is 1. The van der Waals surface area contributed by atoms with Gasteiger partial charge in [0.2, 0.25) is 11.8 Å². The molecule has 1 aromatic heterocycles. The number of aromatic nitrogens is 1. The van der Waals surface area contributed by atoms with Crippen molar-refractivity contribution in [1.82, 2.24) is 9.88 Å². The summed E-state index contributed by atoms with van der Waals surface area (Å²) in [5.74, 6) is 0.100. The number of amides is 1. The molecule has 2 heterocycles. The third-order valence-electron chi connectivity index (χ3n) is 3.69.